The Kier molecular flexibility index (Phi) is 9.16. The van der Waals surface area contributed by atoms with Gasteiger partial charge in [0, 0.05) is 38.4 Å². The maximum atomic E-state index is 13.7. The van der Waals surface area contributed by atoms with E-state index >= 15 is 0 Å². The van der Waals surface area contributed by atoms with E-state index < -0.39 is 33.9 Å². The number of hydrogen-bond acceptors (Lipinski definition) is 6. The van der Waals surface area contributed by atoms with Gasteiger partial charge >= 0.3 is 12.0 Å². The van der Waals surface area contributed by atoms with Crippen molar-refractivity contribution in [2.45, 2.75) is 24.3 Å². The van der Waals surface area contributed by atoms with Crippen LogP contribution in [0.25, 0.3) is 0 Å². The number of nitrogens with zero attached hydrogens (tertiary/aromatic N) is 3. The van der Waals surface area contributed by atoms with E-state index in [9.17, 15) is 22.4 Å². The summed E-state index contributed by atoms with van der Waals surface area (Å²) in [5.41, 5.74) is 1.24. The highest BCUT2D eigenvalue weighted by atomic mass is 32.2. The van der Waals surface area contributed by atoms with Crippen molar-refractivity contribution in [3.63, 3.8) is 0 Å². The molecule has 0 saturated carbocycles. The van der Waals surface area contributed by atoms with E-state index in [2.05, 4.69) is 11.9 Å². The minimum Gasteiger partial charge on any atom is -0.463 e. The van der Waals surface area contributed by atoms with E-state index in [1.54, 1.807) is 43.3 Å². The molecule has 1 saturated heterocycles. The number of esters is 1. The largest absolute Gasteiger partial charge is 0.463 e. The van der Waals surface area contributed by atoms with Crippen LogP contribution in [0.4, 0.5) is 9.18 Å². The molecule has 2 aromatic rings. The van der Waals surface area contributed by atoms with Gasteiger partial charge in [-0.1, -0.05) is 36.4 Å². The van der Waals surface area contributed by atoms with Gasteiger partial charge in [0.25, 0.3) is 0 Å². The van der Waals surface area contributed by atoms with Gasteiger partial charge in [-0.15, -0.1) is 6.58 Å². The molecule has 1 unspecified atom stereocenters. The number of sulfonamides is 1. The number of amides is 2. The van der Waals surface area contributed by atoms with Crippen molar-refractivity contribution in [2.24, 2.45) is 0 Å². The summed E-state index contributed by atoms with van der Waals surface area (Å²) in [5.74, 6) is -1.02. The van der Waals surface area contributed by atoms with E-state index in [-0.39, 0.29) is 36.7 Å². The molecule has 208 valence electrons. The number of hydrogen-bond donors (Lipinski definition) is 1. The zero-order valence-electron chi connectivity index (χ0n) is 21.9. The van der Waals surface area contributed by atoms with Gasteiger partial charge in [0.1, 0.15) is 5.82 Å². The van der Waals surface area contributed by atoms with Gasteiger partial charge in [0.2, 0.25) is 10.0 Å². The molecule has 0 spiro atoms. The van der Waals surface area contributed by atoms with Crippen LogP contribution in [-0.4, -0.2) is 80.4 Å². The molecule has 9 nitrogen and oxygen atoms in total. The molecule has 1 N–H and O–H groups in total. The standard InChI is InChI=1S/C28H33FN4O5S/c1-3-15-33-24(20-31-16-8-17-32(19-18-31)39(36,37)23-9-6-5-7-10-23)25(27(34)38-4-2)26(30-28(33)35)21-11-13-22(29)14-12-21/h3,5-7,9-14,26H,1,4,8,15-20H2,2H3,(H,30,35). The summed E-state index contributed by atoms with van der Waals surface area (Å²) in [4.78, 5) is 30.2. The Morgan fingerprint density at radius 2 is 1.82 bits per heavy atom. The van der Waals surface area contributed by atoms with Crippen LogP contribution in [-0.2, 0) is 19.6 Å². The average Bonchev–Trinajstić information content (AvgIpc) is 3.17. The zero-order chi connectivity index (χ0) is 28.0. The normalized spacial score (nSPS) is 19.4. The third kappa shape index (κ3) is 6.38. The first kappa shape index (κ1) is 28.5. The van der Waals surface area contributed by atoms with Crippen LogP contribution in [0.3, 0.4) is 0 Å². The molecule has 2 aromatic carbocycles. The maximum Gasteiger partial charge on any atom is 0.338 e. The van der Waals surface area contributed by atoms with Crippen molar-refractivity contribution in [3.05, 3.63) is 89.9 Å². The molecule has 0 aliphatic carbocycles. The van der Waals surface area contributed by atoms with E-state index in [1.807, 2.05) is 4.90 Å². The number of urea groups is 1. The fourth-order valence-electron chi connectivity index (χ4n) is 4.85. The molecule has 39 heavy (non-hydrogen) atoms. The molecule has 1 fully saturated rings. The maximum absolute atomic E-state index is 13.7. The molecule has 0 radical (unpaired) electrons. The summed E-state index contributed by atoms with van der Waals surface area (Å²) in [6.45, 7) is 7.53. The lowest BCUT2D eigenvalue weighted by atomic mass is 9.94. The van der Waals surface area contributed by atoms with Crippen LogP contribution in [0.5, 0.6) is 0 Å². The van der Waals surface area contributed by atoms with Crippen LogP contribution < -0.4 is 5.32 Å². The Morgan fingerprint density at radius 1 is 1.10 bits per heavy atom. The summed E-state index contributed by atoms with van der Waals surface area (Å²) in [6, 6.07) is 12.7. The fraction of sp³-hybridized carbons (Fsp3) is 0.357. The SMILES string of the molecule is C=CCN1C(=O)NC(c2ccc(F)cc2)C(C(=O)OCC)=C1CN1CCCN(S(=O)(=O)c2ccccc2)CC1. The Bertz CT molecular complexity index is 1330. The first-order valence-corrected chi connectivity index (χ1v) is 14.3. The number of ether oxygens (including phenoxy) is 1. The fourth-order valence-corrected chi connectivity index (χ4v) is 6.34. The van der Waals surface area contributed by atoms with Gasteiger partial charge in [-0.05, 0) is 49.7 Å². The van der Waals surface area contributed by atoms with Crippen molar-refractivity contribution < 1.29 is 27.1 Å². The third-order valence-electron chi connectivity index (χ3n) is 6.75. The van der Waals surface area contributed by atoms with Crippen molar-refractivity contribution in [1.82, 2.24) is 19.4 Å². The molecule has 4 rings (SSSR count). The van der Waals surface area contributed by atoms with E-state index in [0.717, 1.165) is 0 Å². The van der Waals surface area contributed by atoms with Crippen molar-refractivity contribution >= 4 is 22.0 Å². The molecule has 0 aromatic heterocycles. The first-order valence-electron chi connectivity index (χ1n) is 12.9. The highest BCUT2D eigenvalue weighted by Gasteiger charge is 2.39. The van der Waals surface area contributed by atoms with Crippen molar-refractivity contribution in [3.8, 4) is 0 Å². The molecular weight excluding hydrogens is 523 g/mol. The minimum absolute atomic E-state index is 0.136. The highest BCUT2D eigenvalue weighted by molar-refractivity contribution is 7.89. The second kappa shape index (κ2) is 12.5. The van der Waals surface area contributed by atoms with Gasteiger partial charge in [-0.2, -0.15) is 4.31 Å². The van der Waals surface area contributed by atoms with Gasteiger partial charge in [0.15, 0.2) is 0 Å². The lowest BCUT2D eigenvalue weighted by Crippen LogP contribution is -2.51. The Morgan fingerprint density at radius 3 is 2.49 bits per heavy atom. The molecular formula is C28H33FN4O5S. The minimum atomic E-state index is -3.65. The van der Waals surface area contributed by atoms with Crippen LogP contribution in [0.15, 0.2) is 83.4 Å². The smallest absolute Gasteiger partial charge is 0.338 e. The highest BCUT2D eigenvalue weighted by Crippen LogP contribution is 2.32. The molecule has 2 aliphatic rings. The van der Waals surface area contributed by atoms with Gasteiger partial charge in [-0.25, -0.2) is 22.4 Å². The first-order chi connectivity index (χ1) is 18.8. The number of benzene rings is 2. The zero-order valence-corrected chi connectivity index (χ0v) is 22.7. The molecule has 2 amide bonds. The van der Waals surface area contributed by atoms with E-state index in [4.69, 9.17) is 4.74 Å². The molecule has 1 atom stereocenters. The van der Waals surface area contributed by atoms with E-state index in [0.29, 0.717) is 37.3 Å². The van der Waals surface area contributed by atoms with Crippen molar-refractivity contribution in [2.75, 3.05) is 45.9 Å². The third-order valence-corrected chi connectivity index (χ3v) is 8.66. The molecule has 2 aliphatic heterocycles. The number of nitrogens with one attached hydrogen (secondary N) is 1. The topological polar surface area (TPSA) is 99.3 Å². The summed E-state index contributed by atoms with van der Waals surface area (Å²) in [6.07, 6.45) is 2.14. The van der Waals surface area contributed by atoms with Crippen LogP contribution in [0, 0.1) is 5.82 Å². The monoisotopic (exact) mass is 556 g/mol. The second-order valence-electron chi connectivity index (χ2n) is 9.26. The van der Waals surface area contributed by atoms with Gasteiger partial charge in [0.05, 0.1) is 23.1 Å². The Balaban J connectivity index is 1.67. The lowest BCUT2D eigenvalue weighted by Gasteiger charge is -2.38. The van der Waals surface area contributed by atoms with Crippen molar-refractivity contribution in [1.29, 1.82) is 0 Å². The Hall–Kier alpha value is -3.54. The number of halogens is 1. The average molecular weight is 557 g/mol. The summed E-state index contributed by atoms with van der Waals surface area (Å²) >= 11 is 0. The predicted octanol–water partition coefficient (Wildman–Crippen LogP) is 3.29. The predicted molar refractivity (Wildman–Crippen MR) is 144 cm³/mol. The molecule has 11 heteroatoms. The van der Waals surface area contributed by atoms with Gasteiger partial charge < -0.3 is 10.1 Å². The molecule has 0 bridgehead atoms. The number of rotatable bonds is 9. The Labute approximate surface area is 228 Å². The van der Waals surface area contributed by atoms with E-state index in [1.165, 1.54) is 33.5 Å². The summed E-state index contributed by atoms with van der Waals surface area (Å²) in [7, 11) is -3.65. The van der Waals surface area contributed by atoms with Crippen LogP contribution in [0.2, 0.25) is 0 Å². The molecule has 2 heterocycles. The second-order valence-corrected chi connectivity index (χ2v) is 11.2. The van der Waals surface area contributed by atoms with Crippen LogP contribution in [0.1, 0.15) is 24.9 Å². The quantitative estimate of drug-likeness (QED) is 0.376. The van der Waals surface area contributed by atoms with Gasteiger partial charge in [-0.3, -0.25) is 9.80 Å². The summed E-state index contributed by atoms with van der Waals surface area (Å²) < 4.78 is 46.9. The summed E-state index contributed by atoms with van der Waals surface area (Å²) in [5, 5.41) is 2.85. The number of carbonyl (C=O) groups is 2. The van der Waals surface area contributed by atoms with Crippen LogP contribution >= 0.6 is 0 Å². The number of carbonyl (C=O) groups excluding carboxylic acids is 2. The lowest BCUT2D eigenvalue weighted by molar-refractivity contribution is -0.139.